The molecule has 4 heterocycles. The maximum Gasteiger partial charge on any atom is 0.305 e. The average molecular weight is 1000 g/mol. The standard InChI is InChI=1S/C45H78O24/c1-2-3-4-5-6-7-8-9-10-11-12-13-14-15-16-17-29(48)61-19-24(47)20-62-42-39(58)35(54)31(50)26(67-42)22-64-44-41(60)37(56)33(52)28(69-44)23-65-45-40(59)36(55)32(51)27(68-45)21-63-43-38(57)34(53)30(49)25(18-46)66-43/h6-7,9-10,24-28,30-47,49-60H,2-5,8,11-23H2,1H3. The minimum absolute atomic E-state index is 0.167. The Hall–Kier alpha value is -1.93. The Morgan fingerprint density at radius 3 is 1.28 bits per heavy atom. The maximum absolute atomic E-state index is 12.3. The van der Waals surface area contributed by atoms with Gasteiger partial charge in [0.25, 0.3) is 0 Å². The van der Waals surface area contributed by atoms with E-state index >= 15 is 0 Å². The fourth-order valence-electron chi connectivity index (χ4n) is 7.95. The van der Waals surface area contributed by atoms with Gasteiger partial charge in [-0.2, -0.15) is 0 Å². The second kappa shape index (κ2) is 31.0. The molecule has 0 spiro atoms. The van der Waals surface area contributed by atoms with E-state index in [-0.39, 0.29) is 6.42 Å². The van der Waals surface area contributed by atoms with Crippen LogP contribution in [-0.2, 0) is 47.4 Å². The number of unbranched alkanes of at least 4 members (excludes halogenated alkanes) is 8. The Morgan fingerprint density at radius 1 is 0.464 bits per heavy atom. The summed E-state index contributed by atoms with van der Waals surface area (Å²) in [6.45, 7) is -1.55. The second-order valence-electron chi connectivity index (χ2n) is 17.9. The van der Waals surface area contributed by atoms with E-state index in [2.05, 4.69) is 31.2 Å². The molecular formula is C45H78O24. The molecule has 0 saturated carbocycles. The number of rotatable bonds is 29. The monoisotopic (exact) mass is 1000 g/mol. The zero-order valence-corrected chi connectivity index (χ0v) is 39.0. The first-order valence-corrected chi connectivity index (χ1v) is 24.0. The Morgan fingerprint density at radius 2 is 0.841 bits per heavy atom. The van der Waals surface area contributed by atoms with Gasteiger partial charge in [0.15, 0.2) is 25.2 Å². The molecule has 0 aromatic rings. The van der Waals surface area contributed by atoms with Crippen LogP contribution in [0.25, 0.3) is 0 Å². The number of esters is 1. The van der Waals surface area contributed by atoms with Gasteiger partial charge in [0, 0.05) is 6.42 Å². The molecule has 14 N–H and O–H groups in total. The third-order valence-electron chi connectivity index (χ3n) is 12.3. The summed E-state index contributed by atoms with van der Waals surface area (Å²) in [6, 6.07) is 0. The van der Waals surface area contributed by atoms with Crippen LogP contribution >= 0.6 is 0 Å². The molecule has 21 atom stereocenters. The van der Waals surface area contributed by atoms with Gasteiger partial charge in [-0.05, 0) is 38.5 Å². The number of aliphatic hydroxyl groups is 14. The molecule has 4 rings (SSSR count). The number of hydrogen-bond donors (Lipinski definition) is 14. The molecule has 0 aromatic carbocycles. The summed E-state index contributed by atoms with van der Waals surface area (Å²) >= 11 is 0. The quantitative estimate of drug-likeness (QED) is 0.0193. The normalized spacial score (nSPS) is 39.3. The van der Waals surface area contributed by atoms with Crippen molar-refractivity contribution in [1.82, 2.24) is 0 Å². The van der Waals surface area contributed by atoms with Crippen LogP contribution in [0.4, 0.5) is 0 Å². The van der Waals surface area contributed by atoms with E-state index < -0.39 is 175 Å². The molecule has 69 heavy (non-hydrogen) atoms. The van der Waals surface area contributed by atoms with E-state index in [1.807, 2.05) is 0 Å². The van der Waals surface area contributed by atoms with E-state index in [1.54, 1.807) is 0 Å². The lowest BCUT2D eigenvalue weighted by Gasteiger charge is -2.44. The van der Waals surface area contributed by atoms with Crippen molar-refractivity contribution in [3.8, 4) is 0 Å². The predicted octanol–water partition coefficient (Wildman–Crippen LogP) is -4.01. The van der Waals surface area contributed by atoms with Gasteiger partial charge in [-0.1, -0.05) is 63.3 Å². The van der Waals surface area contributed by atoms with Crippen molar-refractivity contribution in [2.45, 2.75) is 213 Å². The third kappa shape index (κ3) is 18.2. The number of carbonyl (C=O) groups is 1. The Bertz CT molecular complexity index is 1480. The molecule has 0 amide bonds. The topological polar surface area (TPSA) is 383 Å². The predicted molar refractivity (Wildman–Crippen MR) is 234 cm³/mol. The van der Waals surface area contributed by atoms with Crippen molar-refractivity contribution >= 4 is 5.97 Å². The third-order valence-corrected chi connectivity index (χ3v) is 12.3. The Balaban J connectivity index is 1.16. The van der Waals surface area contributed by atoms with Crippen molar-refractivity contribution < 1.29 is 119 Å². The van der Waals surface area contributed by atoms with Crippen molar-refractivity contribution in [2.24, 2.45) is 0 Å². The molecule has 0 aromatic heterocycles. The lowest BCUT2D eigenvalue weighted by molar-refractivity contribution is -0.348. The first kappa shape index (κ1) is 59.6. The van der Waals surface area contributed by atoms with Gasteiger partial charge in [-0.3, -0.25) is 4.79 Å². The summed E-state index contributed by atoms with van der Waals surface area (Å²) in [5, 5.41) is 145. The van der Waals surface area contributed by atoms with Crippen molar-refractivity contribution in [3.63, 3.8) is 0 Å². The summed E-state index contributed by atoms with van der Waals surface area (Å²) in [7, 11) is 0. The van der Waals surface area contributed by atoms with Crippen LogP contribution in [0.3, 0.4) is 0 Å². The highest BCUT2D eigenvalue weighted by molar-refractivity contribution is 5.69. The van der Waals surface area contributed by atoms with Crippen LogP contribution in [0, 0.1) is 0 Å². The van der Waals surface area contributed by atoms with Crippen LogP contribution in [0.2, 0.25) is 0 Å². The largest absolute Gasteiger partial charge is 0.463 e. The van der Waals surface area contributed by atoms with E-state index in [1.165, 1.54) is 19.3 Å². The molecule has 21 unspecified atom stereocenters. The fraction of sp³-hybridized carbons (Fsp3) is 0.889. The minimum Gasteiger partial charge on any atom is -0.463 e. The zero-order chi connectivity index (χ0) is 50.6. The lowest BCUT2D eigenvalue weighted by atomic mass is 9.98. The van der Waals surface area contributed by atoms with Crippen LogP contribution in [-0.4, -0.2) is 246 Å². The van der Waals surface area contributed by atoms with Gasteiger partial charge in [0.2, 0.25) is 0 Å². The smallest absolute Gasteiger partial charge is 0.305 e. The number of aliphatic hydroxyl groups excluding tert-OH is 14. The molecule has 4 aliphatic rings. The molecule has 402 valence electrons. The lowest BCUT2D eigenvalue weighted by Crippen LogP contribution is -2.63. The van der Waals surface area contributed by atoms with Crippen molar-refractivity contribution in [1.29, 1.82) is 0 Å². The van der Waals surface area contributed by atoms with Crippen molar-refractivity contribution in [2.75, 3.05) is 39.6 Å². The highest BCUT2D eigenvalue weighted by Crippen LogP contribution is 2.29. The minimum atomic E-state index is -1.93. The number of hydrogen-bond acceptors (Lipinski definition) is 24. The number of ether oxygens (including phenoxy) is 9. The molecule has 4 aliphatic heterocycles. The van der Waals surface area contributed by atoms with Crippen LogP contribution < -0.4 is 0 Å². The van der Waals surface area contributed by atoms with Gasteiger partial charge >= 0.3 is 5.97 Å². The van der Waals surface area contributed by atoms with Crippen molar-refractivity contribution in [3.05, 3.63) is 24.3 Å². The molecule has 24 heteroatoms. The first-order chi connectivity index (χ1) is 33.0. The van der Waals surface area contributed by atoms with E-state index in [4.69, 9.17) is 42.6 Å². The van der Waals surface area contributed by atoms with Crippen LogP contribution in [0.1, 0.15) is 84.0 Å². The van der Waals surface area contributed by atoms with Gasteiger partial charge in [-0.15, -0.1) is 0 Å². The summed E-state index contributed by atoms with van der Waals surface area (Å²) < 4.78 is 49.1. The second-order valence-corrected chi connectivity index (χ2v) is 17.9. The summed E-state index contributed by atoms with van der Waals surface area (Å²) in [4.78, 5) is 12.3. The van der Waals surface area contributed by atoms with Gasteiger partial charge < -0.3 is 114 Å². The Labute approximate surface area is 401 Å². The number of allylic oxidation sites excluding steroid dienone is 4. The van der Waals surface area contributed by atoms with Crippen LogP contribution in [0.15, 0.2) is 24.3 Å². The highest BCUT2D eigenvalue weighted by Gasteiger charge is 2.50. The molecular weight excluding hydrogens is 924 g/mol. The summed E-state index contributed by atoms with van der Waals surface area (Å²) in [5.41, 5.74) is 0. The van der Waals surface area contributed by atoms with E-state index in [0.29, 0.717) is 6.42 Å². The highest BCUT2D eigenvalue weighted by atomic mass is 16.8. The van der Waals surface area contributed by atoms with Crippen LogP contribution in [0.5, 0.6) is 0 Å². The SMILES string of the molecule is CCCCCC=CCC=CCCCCCCCC(=O)OCC(O)COC1OC(COC2OC(COC3OC(COC4OC(CO)C(O)C(O)C4O)C(O)C(O)C3O)C(O)C(O)C2O)C(O)C(O)C1O. The molecule has 4 fully saturated rings. The molecule has 0 radical (unpaired) electrons. The Kier molecular flexibility index (Phi) is 26.7. The zero-order valence-electron chi connectivity index (χ0n) is 39.0. The number of carbonyl (C=O) groups excluding carboxylic acids is 1. The van der Waals surface area contributed by atoms with Gasteiger partial charge in [0.1, 0.15) is 110 Å². The maximum atomic E-state index is 12.3. The molecule has 4 saturated heterocycles. The van der Waals surface area contributed by atoms with E-state index in [0.717, 1.165) is 44.9 Å². The van der Waals surface area contributed by atoms with E-state index in [9.17, 15) is 76.3 Å². The molecule has 24 nitrogen and oxygen atoms in total. The first-order valence-electron chi connectivity index (χ1n) is 24.0. The summed E-state index contributed by atoms with van der Waals surface area (Å²) in [6.07, 6.45) is -15.6. The average Bonchev–Trinajstić information content (AvgIpc) is 3.34. The van der Waals surface area contributed by atoms with Gasteiger partial charge in [-0.25, -0.2) is 0 Å². The summed E-state index contributed by atoms with van der Waals surface area (Å²) in [5.74, 6) is -0.506. The molecule has 0 bridgehead atoms. The van der Waals surface area contributed by atoms with Gasteiger partial charge in [0.05, 0.1) is 33.0 Å². The molecule has 0 aliphatic carbocycles. The fourth-order valence-corrected chi connectivity index (χ4v) is 7.95.